The first-order chi connectivity index (χ1) is 12.9. The zero-order valence-electron chi connectivity index (χ0n) is 14.8. The number of hydrogen-bond donors (Lipinski definition) is 1. The maximum atomic E-state index is 13.9. The predicted molar refractivity (Wildman–Crippen MR) is 105 cm³/mol. The molecule has 0 amide bonds. The van der Waals surface area contributed by atoms with E-state index in [2.05, 4.69) is 5.32 Å². The highest BCUT2D eigenvalue weighted by Crippen LogP contribution is 2.39. The Morgan fingerprint density at radius 2 is 1.70 bits per heavy atom. The van der Waals surface area contributed by atoms with Crippen LogP contribution in [-0.4, -0.2) is 15.0 Å². The molecular formula is C21H19FN2O2S. The third kappa shape index (κ3) is 3.28. The van der Waals surface area contributed by atoms with Gasteiger partial charge in [-0.25, -0.2) is 12.8 Å². The van der Waals surface area contributed by atoms with Crippen LogP contribution < -0.4 is 9.62 Å². The normalized spacial score (nSPS) is 16.5. The van der Waals surface area contributed by atoms with E-state index in [1.807, 2.05) is 37.3 Å². The summed E-state index contributed by atoms with van der Waals surface area (Å²) >= 11 is 0. The molecule has 4 nitrogen and oxygen atoms in total. The van der Waals surface area contributed by atoms with Crippen molar-refractivity contribution in [3.63, 3.8) is 0 Å². The lowest BCUT2D eigenvalue weighted by molar-refractivity contribution is 0.584. The number of halogens is 1. The molecule has 0 radical (unpaired) electrons. The SMILES string of the molecule is Cc1ccc(S(=O)(=O)N2CC(c3ccccc3)Nc3ccc(F)cc32)cc1. The molecule has 138 valence electrons. The van der Waals surface area contributed by atoms with Crippen LogP contribution >= 0.6 is 0 Å². The van der Waals surface area contributed by atoms with E-state index in [1.54, 1.807) is 30.3 Å². The summed E-state index contributed by atoms with van der Waals surface area (Å²) in [6, 6.07) is 20.3. The molecule has 1 aliphatic heterocycles. The highest BCUT2D eigenvalue weighted by molar-refractivity contribution is 7.92. The number of hydrogen-bond acceptors (Lipinski definition) is 3. The molecule has 27 heavy (non-hydrogen) atoms. The van der Waals surface area contributed by atoms with E-state index >= 15 is 0 Å². The van der Waals surface area contributed by atoms with Gasteiger partial charge in [-0.1, -0.05) is 48.0 Å². The molecule has 1 atom stereocenters. The van der Waals surface area contributed by atoms with Gasteiger partial charge in [0.25, 0.3) is 10.0 Å². The maximum absolute atomic E-state index is 13.9. The van der Waals surface area contributed by atoms with Crippen molar-refractivity contribution in [1.82, 2.24) is 0 Å². The van der Waals surface area contributed by atoms with Crippen molar-refractivity contribution in [1.29, 1.82) is 0 Å². The molecule has 0 bridgehead atoms. The summed E-state index contributed by atoms with van der Waals surface area (Å²) < 4.78 is 41.8. The fourth-order valence-electron chi connectivity index (χ4n) is 3.27. The summed E-state index contributed by atoms with van der Waals surface area (Å²) in [5.74, 6) is -0.474. The van der Waals surface area contributed by atoms with Crippen LogP contribution in [0.2, 0.25) is 0 Å². The second kappa shape index (κ2) is 6.70. The van der Waals surface area contributed by atoms with E-state index in [4.69, 9.17) is 0 Å². The van der Waals surface area contributed by atoms with Gasteiger partial charge >= 0.3 is 0 Å². The molecule has 1 heterocycles. The third-order valence-electron chi connectivity index (χ3n) is 4.72. The van der Waals surface area contributed by atoms with Gasteiger partial charge in [-0.3, -0.25) is 4.31 Å². The lowest BCUT2D eigenvalue weighted by atomic mass is 10.0. The van der Waals surface area contributed by atoms with Crippen molar-refractivity contribution in [3.05, 3.63) is 89.7 Å². The van der Waals surface area contributed by atoms with Crippen LogP contribution in [-0.2, 0) is 10.0 Å². The molecule has 0 saturated heterocycles. The number of sulfonamides is 1. The molecule has 4 rings (SSSR count). The molecule has 3 aromatic rings. The van der Waals surface area contributed by atoms with E-state index < -0.39 is 15.8 Å². The highest BCUT2D eigenvalue weighted by Gasteiger charge is 2.34. The topological polar surface area (TPSA) is 49.4 Å². The largest absolute Gasteiger partial charge is 0.375 e. The average Bonchev–Trinajstić information content (AvgIpc) is 2.68. The van der Waals surface area contributed by atoms with Gasteiger partial charge in [-0.05, 0) is 36.8 Å². The standard InChI is InChI=1S/C21H19FN2O2S/c1-15-7-10-18(11-8-15)27(25,26)24-14-20(16-5-3-2-4-6-16)23-19-12-9-17(22)13-21(19)24/h2-13,20,23H,14H2,1H3. The van der Waals surface area contributed by atoms with Crippen LogP contribution in [0.4, 0.5) is 15.8 Å². The summed E-state index contributed by atoms with van der Waals surface area (Å²) in [6.45, 7) is 2.08. The Bertz CT molecular complexity index is 1070. The number of nitrogens with zero attached hydrogens (tertiary/aromatic N) is 1. The maximum Gasteiger partial charge on any atom is 0.264 e. The smallest absolute Gasteiger partial charge is 0.264 e. The van der Waals surface area contributed by atoms with Crippen molar-refractivity contribution < 1.29 is 12.8 Å². The minimum absolute atomic E-state index is 0.177. The average molecular weight is 382 g/mol. The Labute approximate surface area is 158 Å². The van der Waals surface area contributed by atoms with Gasteiger partial charge in [-0.2, -0.15) is 0 Å². The van der Waals surface area contributed by atoms with Gasteiger partial charge in [0.2, 0.25) is 0 Å². The Hall–Kier alpha value is -2.86. The van der Waals surface area contributed by atoms with Crippen molar-refractivity contribution >= 4 is 21.4 Å². The second-order valence-corrected chi connectivity index (χ2v) is 8.48. The van der Waals surface area contributed by atoms with E-state index in [1.165, 1.54) is 16.4 Å². The zero-order chi connectivity index (χ0) is 19.0. The lowest BCUT2D eigenvalue weighted by Crippen LogP contribution is -2.40. The summed E-state index contributed by atoms with van der Waals surface area (Å²) in [4.78, 5) is 0.192. The molecule has 0 aromatic heterocycles. The van der Waals surface area contributed by atoms with Crippen LogP contribution in [0.15, 0.2) is 77.7 Å². The number of rotatable bonds is 3. The van der Waals surface area contributed by atoms with E-state index in [9.17, 15) is 12.8 Å². The summed E-state index contributed by atoms with van der Waals surface area (Å²) in [7, 11) is -3.82. The summed E-state index contributed by atoms with van der Waals surface area (Å²) in [6.07, 6.45) is 0. The minimum atomic E-state index is -3.82. The first-order valence-electron chi connectivity index (χ1n) is 8.65. The van der Waals surface area contributed by atoms with Crippen molar-refractivity contribution in [3.8, 4) is 0 Å². The fourth-order valence-corrected chi connectivity index (χ4v) is 4.76. The molecule has 0 saturated carbocycles. The molecular weight excluding hydrogens is 363 g/mol. The zero-order valence-corrected chi connectivity index (χ0v) is 15.6. The predicted octanol–water partition coefficient (Wildman–Crippen LogP) is 4.50. The first-order valence-corrected chi connectivity index (χ1v) is 10.1. The van der Waals surface area contributed by atoms with Gasteiger partial charge in [0, 0.05) is 6.07 Å². The third-order valence-corrected chi connectivity index (χ3v) is 6.51. The van der Waals surface area contributed by atoms with Crippen LogP contribution in [0.5, 0.6) is 0 Å². The number of aryl methyl sites for hydroxylation is 1. The number of anilines is 2. The van der Waals surface area contributed by atoms with Crippen molar-refractivity contribution in [2.45, 2.75) is 17.9 Å². The first kappa shape index (κ1) is 17.5. The summed E-state index contributed by atoms with van der Waals surface area (Å²) in [5, 5.41) is 3.33. The quantitative estimate of drug-likeness (QED) is 0.726. The van der Waals surface area contributed by atoms with E-state index in [0.717, 1.165) is 11.1 Å². The van der Waals surface area contributed by atoms with Crippen LogP contribution in [0.1, 0.15) is 17.2 Å². The van der Waals surface area contributed by atoms with Gasteiger partial charge < -0.3 is 5.32 Å². The number of benzene rings is 3. The second-order valence-electron chi connectivity index (χ2n) is 6.62. The van der Waals surface area contributed by atoms with Crippen molar-refractivity contribution in [2.24, 2.45) is 0 Å². The Morgan fingerprint density at radius 3 is 2.41 bits per heavy atom. The highest BCUT2D eigenvalue weighted by atomic mass is 32.2. The monoisotopic (exact) mass is 382 g/mol. The fraction of sp³-hybridized carbons (Fsp3) is 0.143. The van der Waals surface area contributed by atoms with Crippen LogP contribution in [0.3, 0.4) is 0 Å². The molecule has 1 unspecified atom stereocenters. The molecule has 0 fully saturated rings. The Kier molecular flexibility index (Phi) is 4.36. The molecule has 1 aliphatic rings. The molecule has 1 N–H and O–H groups in total. The lowest BCUT2D eigenvalue weighted by Gasteiger charge is -2.36. The number of fused-ring (bicyclic) bond motifs is 1. The number of nitrogens with one attached hydrogen (secondary N) is 1. The molecule has 3 aromatic carbocycles. The molecule has 0 aliphatic carbocycles. The van der Waals surface area contributed by atoms with E-state index in [-0.39, 0.29) is 17.5 Å². The summed E-state index contributed by atoms with van der Waals surface area (Å²) in [5.41, 5.74) is 2.86. The van der Waals surface area contributed by atoms with Gasteiger partial charge in [0.05, 0.1) is 28.9 Å². The van der Waals surface area contributed by atoms with Gasteiger partial charge in [0.1, 0.15) is 5.82 Å². The van der Waals surface area contributed by atoms with E-state index in [0.29, 0.717) is 11.4 Å². The Balaban J connectivity index is 1.82. The van der Waals surface area contributed by atoms with Crippen LogP contribution in [0, 0.1) is 12.7 Å². The van der Waals surface area contributed by atoms with Crippen LogP contribution in [0.25, 0.3) is 0 Å². The molecule has 0 spiro atoms. The molecule has 6 heteroatoms. The Morgan fingerprint density at radius 1 is 1.00 bits per heavy atom. The minimum Gasteiger partial charge on any atom is -0.375 e. The van der Waals surface area contributed by atoms with Crippen molar-refractivity contribution in [2.75, 3.05) is 16.2 Å². The van der Waals surface area contributed by atoms with Gasteiger partial charge in [0.15, 0.2) is 0 Å². The van der Waals surface area contributed by atoms with Gasteiger partial charge in [-0.15, -0.1) is 0 Å².